The molecule has 0 bridgehead atoms. The van der Waals surface area contributed by atoms with Gasteiger partial charge in [-0.2, -0.15) is 0 Å². The zero-order valence-electron chi connectivity index (χ0n) is 11.6. The van der Waals surface area contributed by atoms with E-state index in [0.29, 0.717) is 0 Å². The number of amides is 1. The molecule has 0 aliphatic carbocycles. The predicted molar refractivity (Wildman–Crippen MR) is 79.6 cm³/mol. The third-order valence-corrected chi connectivity index (χ3v) is 5.26. The van der Waals surface area contributed by atoms with Gasteiger partial charge >= 0.3 is 0 Å². The molecule has 2 rings (SSSR count). The fourth-order valence-corrected chi connectivity index (χ4v) is 3.04. The number of hydrogen-bond donors (Lipinski definition) is 2. The topological polar surface area (TPSA) is 75.3 Å². The third-order valence-electron chi connectivity index (χ3n) is 3.55. The lowest BCUT2D eigenvalue weighted by Crippen LogP contribution is -2.35. The summed E-state index contributed by atoms with van der Waals surface area (Å²) in [7, 11) is -3.03. The molecule has 2 N–H and O–H groups in total. The Hall–Kier alpha value is -1.56. The van der Waals surface area contributed by atoms with Crippen molar-refractivity contribution in [2.75, 3.05) is 29.9 Å². The molecule has 0 spiro atoms. The number of fused-ring (bicyclic) bond motifs is 1. The van der Waals surface area contributed by atoms with Gasteiger partial charge in [0.05, 0.1) is 11.7 Å². The van der Waals surface area contributed by atoms with Crippen LogP contribution in [0.25, 0.3) is 0 Å². The minimum absolute atomic E-state index is 0.00184. The minimum Gasteiger partial charge on any atom is -0.385 e. The monoisotopic (exact) mass is 296 g/mol. The molecule has 20 heavy (non-hydrogen) atoms. The molecular weight excluding hydrogens is 276 g/mol. The average Bonchev–Trinajstić information content (AvgIpc) is 2.46. The average molecular weight is 296 g/mol. The summed E-state index contributed by atoms with van der Waals surface area (Å²) in [6, 6.07) is 7.73. The molecule has 6 heteroatoms. The molecule has 1 aromatic carbocycles. The smallest absolute Gasteiger partial charge is 0.227 e. The second kappa shape index (κ2) is 6.26. The first-order valence-electron chi connectivity index (χ1n) is 6.84. The molecule has 1 atom stereocenters. The van der Waals surface area contributed by atoms with E-state index in [1.165, 1.54) is 0 Å². The van der Waals surface area contributed by atoms with Crippen LogP contribution in [0.4, 0.5) is 5.69 Å². The quantitative estimate of drug-likeness (QED) is 0.854. The van der Waals surface area contributed by atoms with Crippen molar-refractivity contribution in [3.63, 3.8) is 0 Å². The maximum Gasteiger partial charge on any atom is 0.227 e. The molecule has 0 saturated heterocycles. The summed E-state index contributed by atoms with van der Waals surface area (Å²) in [5.74, 6) is -0.178. The SMILES string of the molecule is CCS(=O)(=O)CCNC(=O)C1CCNc2ccccc21. The van der Waals surface area contributed by atoms with Gasteiger partial charge in [0.2, 0.25) is 5.91 Å². The molecule has 1 aliphatic rings. The molecule has 1 amide bonds. The molecule has 5 nitrogen and oxygen atoms in total. The molecule has 0 radical (unpaired) electrons. The van der Waals surface area contributed by atoms with Crippen LogP contribution in [0.3, 0.4) is 0 Å². The summed E-state index contributed by atoms with van der Waals surface area (Å²) in [4.78, 5) is 12.2. The maximum atomic E-state index is 12.2. The Kier molecular flexibility index (Phi) is 4.65. The first-order valence-corrected chi connectivity index (χ1v) is 8.66. The number of sulfone groups is 1. The van der Waals surface area contributed by atoms with Crippen molar-refractivity contribution in [1.29, 1.82) is 0 Å². The largest absolute Gasteiger partial charge is 0.385 e. The number of nitrogens with one attached hydrogen (secondary N) is 2. The van der Waals surface area contributed by atoms with Crippen molar-refractivity contribution in [3.05, 3.63) is 29.8 Å². The van der Waals surface area contributed by atoms with E-state index in [2.05, 4.69) is 10.6 Å². The molecule has 110 valence electrons. The number of carbonyl (C=O) groups is 1. The molecular formula is C14H20N2O3S. The van der Waals surface area contributed by atoms with Crippen LogP contribution in [0.5, 0.6) is 0 Å². The Labute approximate surface area is 119 Å². The molecule has 0 saturated carbocycles. The molecule has 1 heterocycles. The molecule has 1 aromatic rings. The van der Waals surface area contributed by atoms with Crippen molar-refractivity contribution in [2.45, 2.75) is 19.3 Å². The van der Waals surface area contributed by atoms with Crippen LogP contribution in [0.15, 0.2) is 24.3 Å². The van der Waals surface area contributed by atoms with Gasteiger partial charge < -0.3 is 10.6 Å². The zero-order chi connectivity index (χ0) is 14.6. The first kappa shape index (κ1) is 14.8. The predicted octanol–water partition coefficient (Wildman–Crippen LogP) is 1.14. The summed E-state index contributed by atoms with van der Waals surface area (Å²) in [6.07, 6.45) is 0.726. The first-order chi connectivity index (χ1) is 9.53. The minimum atomic E-state index is -3.03. The van der Waals surface area contributed by atoms with Crippen LogP contribution < -0.4 is 10.6 Å². The molecule has 1 aliphatic heterocycles. The lowest BCUT2D eigenvalue weighted by molar-refractivity contribution is -0.122. The second-order valence-corrected chi connectivity index (χ2v) is 7.36. The van der Waals surface area contributed by atoms with Gasteiger partial charge in [0, 0.05) is 24.5 Å². The number of para-hydroxylation sites is 1. The summed E-state index contributed by atoms with van der Waals surface area (Å²) in [5, 5.41) is 6.00. The van der Waals surface area contributed by atoms with Gasteiger partial charge in [0.25, 0.3) is 0 Å². The van der Waals surface area contributed by atoms with Gasteiger partial charge in [-0.3, -0.25) is 4.79 Å². The van der Waals surface area contributed by atoms with Crippen molar-refractivity contribution in [2.24, 2.45) is 0 Å². The van der Waals surface area contributed by atoms with Gasteiger partial charge in [0.15, 0.2) is 9.84 Å². The highest BCUT2D eigenvalue weighted by Crippen LogP contribution is 2.31. The summed E-state index contributed by atoms with van der Waals surface area (Å²) in [6.45, 7) is 2.55. The highest BCUT2D eigenvalue weighted by Gasteiger charge is 2.25. The van der Waals surface area contributed by atoms with Gasteiger partial charge in [0.1, 0.15) is 0 Å². The van der Waals surface area contributed by atoms with Crippen molar-refractivity contribution in [1.82, 2.24) is 5.32 Å². The summed E-state index contributed by atoms with van der Waals surface area (Å²) >= 11 is 0. The van der Waals surface area contributed by atoms with E-state index in [1.54, 1.807) is 6.92 Å². The van der Waals surface area contributed by atoms with Crippen LogP contribution in [0, 0.1) is 0 Å². The van der Waals surface area contributed by atoms with Crippen molar-refractivity contribution < 1.29 is 13.2 Å². The molecule has 0 aromatic heterocycles. The Morgan fingerprint density at radius 3 is 2.90 bits per heavy atom. The van der Waals surface area contributed by atoms with Crippen LogP contribution in [-0.2, 0) is 14.6 Å². The van der Waals surface area contributed by atoms with Crippen molar-refractivity contribution >= 4 is 21.4 Å². The fourth-order valence-electron chi connectivity index (χ4n) is 2.34. The molecule has 0 fully saturated rings. The van der Waals surface area contributed by atoms with E-state index >= 15 is 0 Å². The lowest BCUT2D eigenvalue weighted by Gasteiger charge is -2.25. The normalized spacial score (nSPS) is 17.9. The number of benzene rings is 1. The Bertz CT molecular complexity index is 584. The number of hydrogen-bond acceptors (Lipinski definition) is 4. The van der Waals surface area contributed by atoms with E-state index in [4.69, 9.17) is 0 Å². The van der Waals surface area contributed by atoms with E-state index in [9.17, 15) is 13.2 Å². The Balaban J connectivity index is 1.97. The van der Waals surface area contributed by atoms with Crippen LogP contribution >= 0.6 is 0 Å². The number of carbonyl (C=O) groups excluding carboxylic acids is 1. The van der Waals surface area contributed by atoms with Crippen molar-refractivity contribution in [3.8, 4) is 0 Å². The number of rotatable bonds is 5. The summed E-state index contributed by atoms with van der Waals surface area (Å²) in [5.41, 5.74) is 1.97. The van der Waals surface area contributed by atoms with Crippen LogP contribution in [-0.4, -0.2) is 38.9 Å². The second-order valence-electron chi connectivity index (χ2n) is 4.88. The third kappa shape index (κ3) is 3.50. The van der Waals surface area contributed by atoms with Crippen LogP contribution in [0.2, 0.25) is 0 Å². The standard InChI is InChI=1S/C14H20N2O3S/c1-2-20(18,19)10-9-16-14(17)12-7-8-15-13-6-4-3-5-11(12)13/h3-6,12,15H,2,7-10H2,1H3,(H,16,17). The highest BCUT2D eigenvalue weighted by atomic mass is 32.2. The lowest BCUT2D eigenvalue weighted by atomic mass is 9.90. The van der Waals surface area contributed by atoms with E-state index < -0.39 is 9.84 Å². The van der Waals surface area contributed by atoms with E-state index in [1.807, 2.05) is 24.3 Å². The fraction of sp³-hybridized carbons (Fsp3) is 0.500. The summed E-state index contributed by atoms with van der Waals surface area (Å²) < 4.78 is 22.8. The maximum absolute atomic E-state index is 12.2. The van der Waals surface area contributed by atoms with E-state index in [0.717, 1.165) is 24.2 Å². The van der Waals surface area contributed by atoms with E-state index in [-0.39, 0.29) is 29.9 Å². The van der Waals surface area contributed by atoms with Gasteiger partial charge in [-0.05, 0) is 18.1 Å². The van der Waals surface area contributed by atoms with Crippen LogP contribution in [0.1, 0.15) is 24.8 Å². The van der Waals surface area contributed by atoms with Gasteiger partial charge in [-0.15, -0.1) is 0 Å². The molecule has 1 unspecified atom stereocenters. The zero-order valence-corrected chi connectivity index (χ0v) is 12.4. The van der Waals surface area contributed by atoms with Gasteiger partial charge in [-0.25, -0.2) is 8.42 Å². The van der Waals surface area contributed by atoms with Gasteiger partial charge in [-0.1, -0.05) is 25.1 Å². The highest BCUT2D eigenvalue weighted by molar-refractivity contribution is 7.91. The Morgan fingerprint density at radius 1 is 1.40 bits per heavy atom. The Morgan fingerprint density at radius 2 is 2.15 bits per heavy atom. The number of anilines is 1.